The minimum absolute atomic E-state index is 0.185. The van der Waals surface area contributed by atoms with Gasteiger partial charge in [-0.2, -0.15) is 5.26 Å². The summed E-state index contributed by atoms with van der Waals surface area (Å²) in [5, 5.41) is 8.79. The molecule has 0 aliphatic carbocycles. The van der Waals surface area contributed by atoms with E-state index in [1.54, 1.807) is 12.1 Å². The van der Waals surface area contributed by atoms with Crippen LogP contribution in [0, 0.1) is 17.2 Å². The van der Waals surface area contributed by atoms with Gasteiger partial charge in [0.1, 0.15) is 0 Å². The van der Waals surface area contributed by atoms with Crippen LogP contribution >= 0.6 is 0 Å². The molecule has 108 valence electrons. The molecule has 0 spiro atoms. The summed E-state index contributed by atoms with van der Waals surface area (Å²) in [4.78, 5) is 14.2. The summed E-state index contributed by atoms with van der Waals surface area (Å²) >= 11 is 0. The van der Waals surface area contributed by atoms with E-state index in [0.717, 1.165) is 12.0 Å². The van der Waals surface area contributed by atoms with Gasteiger partial charge in [0.25, 0.3) is 0 Å². The van der Waals surface area contributed by atoms with Crippen LogP contribution in [0.5, 0.6) is 0 Å². The molecular formula is C17H24N2O. The van der Waals surface area contributed by atoms with Crippen LogP contribution in [0.2, 0.25) is 0 Å². The van der Waals surface area contributed by atoms with Crippen LogP contribution in [-0.2, 0) is 11.3 Å². The second kappa shape index (κ2) is 7.69. The predicted molar refractivity (Wildman–Crippen MR) is 80.9 cm³/mol. The lowest BCUT2D eigenvalue weighted by Gasteiger charge is -2.27. The largest absolute Gasteiger partial charge is 0.336 e. The van der Waals surface area contributed by atoms with E-state index >= 15 is 0 Å². The van der Waals surface area contributed by atoms with E-state index in [9.17, 15) is 4.79 Å². The molecule has 0 aliphatic rings. The molecule has 3 nitrogen and oxygen atoms in total. The molecule has 1 rings (SSSR count). The van der Waals surface area contributed by atoms with Crippen LogP contribution in [-0.4, -0.2) is 16.8 Å². The van der Waals surface area contributed by atoms with Gasteiger partial charge in [-0.1, -0.05) is 26.0 Å². The van der Waals surface area contributed by atoms with E-state index in [2.05, 4.69) is 19.9 Å². The van der Waals surface area contributed by atoms with E-state index in [0.29, 0.717) is 24.4 Å². The topological polar surface area (TPSA) is 44.1 Å². The highest BCUT2D eigenvalue weighted by Crippen LogP contribution is 2.13. The number of nitrogens with zero attached hydrogens (tertiary/aromatic N) is 2. The van der Waals surface area contributed by atoms with Crippen molar-refractivity contribution in [2.75, 3.05) is 0 Å². The summed E-state index contributed by atoms with van der Waals surface area (Å²) in [5.74, 6) is 0.751. The van der Waals surface area contributed by atoms with E-state index < -0.39 is 0 Å². The number of rotatable bonds is 6. The van der Waals surface area contributed by atoms with Crippen molar-refractivity contribution in [2.45, 2.75) is 53.1 Å². The number of hydrogen-bond donors (Lipinski definition) is 0. The maximum atomic E-state index is 12.3. The number of carbonyl (C=O) groups excluding carboxylic acids is 1. The maximum absolute atomic E-state index is 12.3. The summed E-state index contributed by atoms with van der Waals surface area (Å²) < 4.78 is 0. The van der Waals surface area contributed by atoms with Crippen molar-refractivity contribution in [1.29, 1.82) is 5.26 Å². The molecule has 3 heteroatoms. The first-order chi connectivity index (χ1) is 9.43. The van der Waals surface area contributed by atoms with Crippen molar-refractivity contribution in [3.8, 4) is 6.07 Å². The molecule has 0 saturated carbocycles. The average molecular weight is 272 g/mol. The average Bonchev–Trinajstić information content (AvgIpc) is 2.42. The Balaban J connectivity index is 2.71. The van der Waals surface area contributed by atoms with Crippen LogP contribution < -0.4 is 0 Å². The fourth-order valence-corrected chi connectivity index (χ4v) is 2.00. The van der Waals surface area contributed by atoms with Gasteiger partial charge in [0.2, 0.25) is 5.91 Å². The first-order valence-electron chi connectivity index (χ1n) is 7.22. The number of benzene rings is 1. The van der Waals surface area contributed by atoms with Gasteiger partial charge in [0.05, 0.1) is 11.6 Å². The van der Waals surface area contributed by atoms with Gasteiger partial charge in [-0.05, 0) is 43.9 Å². The third-order valence-electron chi connectivity index (χ3n) is 3.32. The third kappa shape index (κ3) is 5.05. The molecule has 1 aromatic carbocycles. The second-order valence-corrected chi connectivity index (χ2v) is 5.86. The maximum Gasteiger partial charge on any atom is 0.223 e. The SMILES string of the molecule is CC(C)CCC(=O)N(Cc1ccc(C#N)cc1)C(C)C. The number of nitriles is 1. The van der Waals surface area contributed by atoms with Gasteiger partial charge >= 0.3 is 0 Å². The Labute approximate surface area is 122 Å². The van der Waals surface area contributed by atoms with Crippen molar-refractivity contribution in [2.24, 2.45) is 5.92 Å². The molecule has 20 heavy (non-hydrogen) atoms. The zero-order valence-electron chi connectivity index (χ0n) is 12.9. The molecule has 0 aliphatic heterocycles. The summed E-state index contributed by atoms with van der Waals surface area (Å²) in [6.07, 6.45) is 1.53. The van der Waals surface area contributed by atoms with Gasteiger partial charge < -0.3 is 4.90 Å². The number of carbonyl (C=O) groups is 1. The molecular weight excluding hydrogens is 248 g/mol. The Morgan fingerprint density at radius 1 is 1.20 bits per heavy atom. The summed E-state index contributed by atoms with van der Waals surface area (Å²) in [6.45, 7) is 8.95. The minimum Gasteiger partial charge on any atom is -0.336 e. The molecule has 0 aromatic heterocycles. The molecule has 0 unspecified atom stereocenters. The van der Waals surface area contributed by atoms with Crippen molar-refractivity contribution in [1.82, 2.24) is 4.90 Å². The highest BCUT2D eigenvalue weighted by atomic mass is 16.2. The summed E-state index contributed by atoms with van der Waals surface area (Å²) in [7, 11) is 0. The first kappa shape index (κ1) is 16.2. The summed E-state index contributed by atoms with van der Waals surface area (Å²) in [6, 6.07) is 9.73. The minimum atomic E-state index is 0.185. The third-order valence-corrected chi connectivity index (χ3v) is 3.32. The zero-order chi connectivity index (χ0) is 15.1. The van der Waals surface area contributed by atoms with E-state index in [1.165, 1.54) is 0 Å². The Bertz CT molecular complexity index is 469. The van der Waals surface area contributed by atoms with Gasteiger partial charge in [-0.3, -0.25) is 4.79 Å². The van der Waals surface area contributed by atoms with Crippen LogP contribution in [0.15, 0.2) is 24.3 Å². The lowest BCUT2D eigenvalue weighted by Crippen LogP contribution is -2.36. The zero-order valence-corrected chi connectivity index (χ0v) is 12.9. The van der Waals surface area contributed by atoms with Gasteiger partial charge in [-0.15, -0.1) is 0 Å². The molecule has 0 fully saturated rings. The standard InChI is InChI=1S/C17H24N2O/c1-13(2)5-10-17(20)19(14(3)4)12-16-8-6-15(11-18)7-9-16/h6-9,13-14H,5,10,12H2,1-4H3. The quantitative estimate of drug-likeness (QED) is 0.792. The monoisotopic (exact) mass is 272 g/mol. The summed E-state index contributed by atoms with van der Waals surface area (Å²) in [5.41, 5.74) is 1.71. The second-order valence-electron chi connectivity index (χ2n) is 5.86. The highest BCUT2D eigenvalue weighted by Gasteiger charge is 2.17. The van der Waals surface area contributed by atoms with Gasteiger partial charge in [0, 0.05) is 19.0 Å². The smallest absolute Gasteiger partial charge is 0.223 e. The van der Waals surface area contributed by atoms with E-state index in [1.807, 2.05) is 30.9 Å². The molecule has 0 saturated heterocycles. The van der Waals surface area contributed by atoms with E-state index in [-0.39, 0.29) is 11.9 Å². The van der Waals surface area contributed by atoms with E-state index in [4.69, 9.17) is 5.26 Å². The molecule has 0 radical (unpaired) electrons. The van der Waals surface area contributed by atoms with Crippen molar-refractivity contribution >= 4 is 5.91 Å². The number of hydrogen-bond acceptors (Lipinski definition) is 2. The van der Waals surface area contributed by atoms with Crippen LogP contribution in [0.3, 0.4) is 0 Å². The Morgan fingerprint density at radius 2 is 1.80 bits per heavy atom. The van der Waals surface area contributed by atoms with Crippen LogP contribution in [0.25, 0.3) is 0 Å². The molecule has 0 bridgehead atoms. The molecule has 0 heterocycles. The van der Waals surface area contributed by atoms with Crippen LogP contribution in [0.1, 0.15) is 51.7 Å². The molecule has 1 amide bonds. The predicted octanol–water partition coefficient (Wildman–Crippen LogP) is 3.73. The Morgan fingerprint density at radius 3 is 2.25 bits per heavy atom. The van der Waals surface area contributed by atoms with Crippen molar-refractivity contribution < 1.29 is 4.79 Å². The Kier molecular flexibility index (Phi) is 6.24. The van der Waals surface area contributed by atoms with Gasteiger partial charge in [0.15, 0.2) is 0 Å². The number of amides is 1. The molecule has 0 atom stereocenters. The van der Waals surface area contributed by atoms with Crippen molar-refractivity contribution in [3.05, 3.63) is 35.4 Å². The normalized spacial score (nSPS) is 10.7. The van der Waals surface area contributed by atoms with Crippen LogP contribution in [0.4, 0.5) is 0 Å². The lowest BCUT2D eigenvalue weighted by molar-refractivity contribution is -0.133. The van der Waals surface area contributed by atoms with Gasteiger partial charge in [-0.25, -0.2) is 0 Å². The first-order valence-corrected chi connectivity index (χ1v) is 7.22. The Hall–Kier alpha value is -1.82. The fraction of sp³-hybridized carbons (Fsp3) is 0.529. The molecule has 1 aromatic rings. The molecule has 0 N–H and O–H groups in total. The fourth-order valence-electron chi connectivity index (χ4n) is 2.00. The highest BCUT2D eigenvalue weighted by molar-refractivity contribution is 5.76. The lowest BCUT2D eigenvalue weighted by atomic mass is 10.1. The van der Waals surface area contributed by atoms with Crippen molar-refractivity contribution in [3.63, 3.8) is 0 Å².